The molecule has 1 fully saturated rings. The van der Waals surface area contributed by atoms with Gasteiger partial charge in [0.2, 0.25) is 5.91 Å². The Morgan fingerprint density at radius 3 is 1.90 bits per heavy atom. The first kappa shape index (κ1) is 36.9. The number of phosphoric ester groups is 1. The lowest BCUT2D eigenvalue weighted by Crippen LogP contribution is -2.69. The number of nitrogens with one attached hydrogen (secondary N) is 1. The van der Waals surface area contributed by atoms with Crippen LogP contribution in [-0.4, -0.2) is 98.9 Å². The molecule has 0 bridgehead atoms. The average molecular weight is 628 g/mol. The molecule has 1 heterocycles. The number of ether oxygens (including phenoxy) is 6. The van der Waals surface area contributed by atoms with Gasteiger partial charge in [-0.1, -0.05) is 0 Å². The molecule has 0 unspecified atom stereocenters. The SMILES string of the molecule is CCOP(=O)(OCC)O[C@]1(C(=O)OC)C[C@H](OC(C)=O)[C@@H](NC(C)=O)[C@H]([C@H](OC(C)=O)[C@@H](COC(C)=O)OC(C)=O)O1. The number of rotatable bonds is 15. The van der Waals surface area contributed by atoms with Crippen molar-refractivity contribution in [3.8, 4) is 0 Å². The zero-order valence-electron chi connectivity index (χ0n) is 24.7. The minimum absolute atomic E-state index is 0.202. The van der Waals surface area contributed by atoms with Crippen LogP contribution in [0.3, 0.4) is 0 Å². The first-order valence-corrected chi connectivity index (χ1v) is 14.3. The Hall–Kier alpha value is -3.11. The van der Waals surface area contributed by atoms with E-state index in [4.69, 9.17) is 42.0 Å². The number of carbonyl (C=O) groups is 6. The van der Waals surface area contributed by atoms with Crippen molar-refractivity contribution in [1.29, 1.82) is 0 Å². The predicted octanol–water partition coefficient (Wildman–Crippen LogP) is 0.705. The summed E-state index contributed by atoms with van der Waals surface area (Å²) in [7, 11) is -3.65. The average Bonchev–Trinajstić information content (AvgIpc) is 2.85. The Morgan fingerprint density at radius 2 is 1.48 bits per heavy atom. The van der Waals surface area contributed by atoms with Gasteiger partial charge in [-0.05, 0) is 13.8 Å². The van der Waals surface area contributed by atoms with Crippen molar-refractivity contribution in [2.75, 3.05) is 26.9 Å². The third-order valence-corrected chi connectivity index (χ3v) is 7.00. The highest BCUT2D eigenvalue weighted by Crippen LogP contribution is 2.55. The van der Waals surface area contributed by atoms with E-state index >= 15 is 0 Å². The Morgan fingerprint density at radius 1 is 0.905 bits per heavy atom. The van der Waals surface area contributed by atoms with Crippen molar-refractivity contribution in [3.63, 3.8) is 0 Å². The van der Waals surface area contributed by atoms with Gasteiger partial charge in [0.25, 0.3) is 5.79 Å². The molecule has 1 aliphatic heterocycles. The molecule has 0 aromatic carbocycles. The van der Waals surface area contributed by atoms with E-state index in [9.17, 15) is 33.3 Å². The van der Waals surface area contributed by atoms with Crippen LogP contribution in [0.1, 0.15) is 54.9 Å². The maximum absolute atomic E-state index is 13.5. The summed E-state index contributed by atoms with van der Waals surface area (Å²) in [4.78, 5) is 73.6. The molecule has 1 N–H and O–H groups in total. The summed E-state index contributed by atoms with van der Waals surface area (Å²) < 4.78 is 61.3. The minimum Gasteiger partial charge on any atom is -0.465 e. The molecule has 0 aliphatic carbocycles. The van der Waals surface area contributed by atoms with Crippen molar-refractivity contribution in [2.45, 2.75) is 91.1 Å². The van der Waals surface area contributed by atoms with E-state index in [1.165, 1.54) is 13.8 Å². The third kappa shape index (κ3) is 10.9. The molecule has 0 aromatic heterocycles. The van der Waals surface area contributed by atoms with Crippen molar-refractivity contribution in [2.24, 2.45) is 0 Å². The Balaban J connectivity index is 3.99. The second-order valence-electron chi connectivity index (χ2n) is 8.80. The highest BCUT2D eigenvalue weighted by atomic mass is 31.2. The number of esters is 5. The van der Waals surface area contributed by atoms with Gasteiger partial charge >= 0.3 is 37.7 Å². The summed E-state index contributed by atoms with van der Waals surface area (Å²) >= 11 is 0. The van der Waals surface area contributed by atoms with Crippen LogP contribution in [0.25, 0.3) is 0 Å². The van der Waals surface area contributed by atoms with Gasteiger partial charge in [-0.3, -0.25) is 33.0 Å². The summed E-state index contributed by atoms with van der Waals surface area (Å²) in [5, 5.41) is 2.50. The van der Waals surface area contributed by atoms with E-state index in [-0.39, 0.29) is 13.2 Å². The van der Waals surface area contributed by atoms with E-state index in [2.05, 4.69) is 5.32 Å². The zero-order chi connectivity index (χ0) is 32.3. The molecule has 1 amide bonds. The lowest BCUT2D eigenvalue weighted by atomic mass is 9.88. The molecule has 6 atom stereocenters. The lowest BCUT2D eigenvalue weighted by molar-refractivity contribution is -0.293. The number of hydrogen-bond acceptors (Lipinski definition) is 16. The molecule has 1 rings (SSSR count). The fraction of sp³-hybridized carbons (Fsp3) is 0.750. The van der Waals surface area contributed by atoms with Gasteiger partial charge in [0.15, 0.2) is 12.2 Å². The molecule has 0 saturated carbocycles. The van der Waals surface area contributed by atoms with Crippen LogP contribution in [0, 0.1) is 0 Å². The van der Waals surface area contributed by atoms with Crippen LogP contribution in [0.5, 0.6) is 0 Å². The first-order valence-electron chi connectivity index (χ1n) is 12.8. The quantitative estimate of drug-likeness (QED) is 0.150. The molecule has 1 saturated heterocycles. The Bertz CT molecular complexity index is 1040. The van der Waals surface area contributed by atoms with Gasteiger partial charge < -0.3 is 33.7 Å². The van der Waals surface area contributed by atoms with Crippen LogP contribution in [0.2, 0.25) is 0 Å². The highest BCUT2D eigenvalue weighted by molar-refractivity contribution is 7.48. The normalized spacial score (nSPS) is 23.5. The summed E-state index contributed by atoms with van der Waals surface area (Å²) in [6, 6.07) is -1.42. The van der Waals surface area contributed by atoms with E-state index in [1.807, 2.05) is 0 Å². The second-order valence-corrected chi connectivity index (χ2v) is 10.4. The van der Waals surface area contributed by atoms with Gasteiger partial charge in [-0.25, -0.2) is 13.9 Å². The zero-order valence-corrected chi connectivity index (χ0v) is 25.6. The Kier molecular flexibility index (Phi) is 14.5. The summed E-state index contributed by atoms with van der Waals surface area (Å²) in [6.45, 7) is 7.07. The van der Waals surface area contributed by atoms with E-state index in [0.29, 0.717) is 0 Å². The molecule has 240 valence electrons. The third-order valence-electron chi connectivity index (χ3n) is 5.33. The van der Waals surface area contributed by atoms with Crippen LogP contribution >= 0.6 is 7.82 Å². The smallest absolute Gasteiger partial charge is 0.465 e. The number of amides is 1. The van der Waals surface area contributed by atoms with Crippen molar-refractivity contribution in [1.82, 2.24) is 5.32 Å². The predicted molar refractivity (Wildman–Crippen MR) is 137 cm³/mol. The largest absolute Gasteiger partial charge is 0.477 e. The molecular formula is C24H38NO16P. The van der Waals surface area contributed by atoms with Gasteiger partial charge in [-0.2, -0.15) is 0 Å². The molecule has 17 nitrogen and oxygen atoms in total. The van der Waals surface area contributed by atoms with E-state index < -0.39 is 92.8 Å². The van der Waals surface area contributed by atoms with Crippen LogP contribution in [0.15, 0.2) is 0 Å². The molecule has 0 aromatic rings. The minimum atomic E-state index is -4.60. The molecular weight excluding hydrogens is 589 g/mol. The summed E-state index contributed by atoms with van der Waals surface area (Å²) in [5.74, 6) is -8.27. The summed E-state index contributed by atoms with van der Waals surface area (Å²) in [5.41, 5.74) is 0. The molecule has 18 heteroatoms. The fourth-order valence-electron chi connectivity index (χ4n) is 4.08. The number of methoxy groups -OCH3 is 1. The fourth-order valence-corrected chi connectivity index (χ4v) is 5.44. The van der Waals surface area contributed by atoms with Crippen molar-refractivity contribution >= 4 is 43.6 Å². The lowest BCUT2D eigenvalue weighted by Gasteiger charge is -2.48. The highest BCUT2D eigenvalue weighted by Gasteiger charge is 2.61. The monoisotopic (exact) mass is 627 g/mol. The Labute approximate surface area is 242 Å². The topological polar surface area (TPSA) is 215 Å². The second kappa shape index (κ2) is 16.5. The van der Waals surface area contributed by atoms with Gasteiger partial charge in [0.1, 0.15) is 18.8 Å². The van der Waals surface area contributed by atoms with Gasteiger partial charge in [-0.15, -0.1) is 0 Å². The maximum atomic E-state index is 13.5. The van der Waals surface area contributed by atoms with Crippen molar-refractivity contribution in [3.05, 3.63) is 0 Å². The van der Waals surface area contributed by atoms with Crippen LogP contribution in [-0.2, 0) is 75.3 Å². The van der Waals surface area contributed by atoms with Crippen molar-refractivity contribution < 1.29 is 75.3 Å². The van der Waals surface area contributed by atoms with Crippen LogP contribution < -0.4 is 5.32 Å². The van der Waals surface area contributed by atoms with Crippen LogP contribution in [0.4, 0.5) is 0 Å². The van der Waals surface area contributed by atoms with Gasteiger partial charge in [0.05, 0.1) is 32.8 Å². The number of phosphoric acid groups is 1. The molecule has 42 heavy (non-hydrogen) atoms. The van der Waals surface area contributed by atoms with E-state index in [0.717, 1.165) is 41.7 Å². The molecule has 1 aliphatic rings. The van der Waals surface area contributed by atoms with Gasteiger partial charge in [0, 0.05) is 34.6 Å². The maximum Gasteiger partial charge on any atom is 0.477 e. The molecule has 0 radical (unpaired) electrons. The van der Waals surface area contributed by atoms with E-state index in [1.54, 1.807) is 0 Å². The first-order chi connectivity index (χ1) is 19.5. The number of hydrogen-bond donors (Lipinski definition) is 1. The number of carbonyl (C=O) groups excluding carboxylic acids is 6. The summed E-state index contributed by atoms with van der Waals surface area (Å²) in [6.07, 6.45) is -7.40. The standard InChI is InChI=1S/C24H38NO16P/c1-9-35-42(32,36-10-2)41-24(23(31)33-8)11-18(37-15(5)28)20(25-13(3)26)22(40-24)21(39-17(7)30)19(38-16(6)29)12-34-14(4)27/h18-22H,9-12H2,1-8H3,(H,25,26)/t18-,19+,20+,21+,22+,24-/m0/s1. The molecule has 0 spiro atoms.